The molecule has 0 fully saturated rings. The lowest BCUT2D eigenvalue weighted by atomic mass is 10.1. The predicted octanol–water partition coefficient (Wildman–Crippen LogP) is 2.14. The summed E-state index contributed by atoms with van der Waals surface area (Å²) in [5.41, 5.74) is 1.24. The molecule has 0 bridgehead atoms. The summed E-state index contributed by atoms with van der Waals surface area (Å²) >= 11 is 0. The minimum atomic E-state index is 0.388. The summed E-state index contributed by atoms with van der Waals surface area (Å²) in [5.74, 6) is 0. The Balaban J connectivity index is 2.59. The van der Waals surface area contributed by atoms with Crippen LogP contribution in [-0.2, 0) is 0 Å². The summed E-state index contributed by atoms with van der Waals surface area (Å²) < 4.78 is 0. The summed E-state index contributed by atoms with van der Waals surface area (Å²) in [6, 6.07) is 4.96. The van der Waals surface area contributed by atoms with Crippen LogP contribution in [0.4, 0.5) is 0 Å². The van der Waals surface area contributed by atoms with Gasteiger partial charge in [0.05, 0.1) is 0 Å². The lowest BCUT2D eigenvalue weighted by Gasteiger charge is -2.16. The van der Waals surface area contributed by atoms with Crippen molar-refractivity contribution in [3.05, 3.63) is 30.1 Å². The number of hydrogen-bond acceptors (Lipinski definition) is 2. The van der Waals surface area contributed by atoms with Crippen molar-refractivity contribution in [1.29, 1.82) is 0 Å². The number of pyridine rings is 1. The highest BCUT2D eigenvalue weighted by Crippen LogP contribution is 2.09. The quantitative estimate of drug-likeness (QED) is 0.740. The van der Waals surface area contributed by atoms with Gasteiger partial charge in [-0.15, -0.1) is 0 Å². The topological polar surface area (TPSA) is 24.9 Å². The molecule has 1 N–H and O–H groups in total. The second kappa shape index (κ2) is 4.21. The zero-order chi connectivity index (χ0) is 8.97. The lowest BCUT2D eigenvalue weighted by molar-refractivity contribution is 0.505. The molecule has 1 atom stereocenters. The van der Waals surface area contributed by atoms with E-state index in [1.807, 2.05) is 12.3 Å². The predicted molar refractivity (Wildman–Crippen MR) is 50.9 cm³/mol. The van der Waals surface area contributed by atoms with E-state index in [1.165, 1.54) is 5.56 Å². The molecule has 12 heavy (non-hydrogen) atoms. The molecule has 0 saturated heterocycles. The van der Waals surface area contributed by atoms with Gasteiger partial charge in [-0.2, -0.15) is 0 Å². The average Bonchev–Trinajstić information content (AvgIpc) is 2.05. The van der Waals surface area contributed by atoms with Gasteiger partial charge in [0, 0.05) is 24.5 Å². The highest BCUT2D eigenvalue weighted by atomic mass is 14.9. The maximum Gasteiger partial charge on any atom is 0.0315 e. The van der Waals surface area contributed by atoms with Crippen LogP contribution in [0.25, 0.3) is 0 Å². The van der Waals surface area contributed by atoms with E-state index in [2.05, 4.69) is 37.1 Å². The normalized spacial score (nSPS) is 13.3. The van der Waals surface area contributed by atoms with Crippen LogP contribution in [0.3, 0.4) is 0 Å². The summed E-state index contributed by atoms with van der Waals surface area (Å²) in [7, 11) is 0. The fraction of sp³-hybridized carbons (Fsp3) is 0.500. The highest BCUT2D eigenvalue weighted by molar-refractivity contribution is 5.12. The van der Waals surface area contributed by atoms with Crippen molar-refractivity contribution in [3.8, 4) is 0 Å². The molecule has 1 rings (SSSR count). The van der Waals surface area contributed by atoms with Gasteiger partial charge in [0.25, 0.3) is 0 Å². The SMILES string of the molecule is CC(C)NC(C)c1cccnc1. The monoisotopic (exact) mass is 164 g/mol. The molecule has 1 heterocycles. The van der Waals surface area contributed by atoms with Crippen LogP contribution in [0.1, 0.15) is 32.4 Å². The summed E-state index contributed by atoms with van der Waals surface area (Å²) in [6.45, 7) is 6.44. The molecule has 0 aliphatic carbocycles. The van der Waals surface area contributed by atoms with Crippen molar-refractivity contribution in [3.63, 3.8) is 0 Å². The van der Waals surface area contributed by atoms with Crippen molar-refractivity contribution < 1.29 is 0 Å². The number of hydrogen-bond donors (Lipinski definition) is 1. The van der Waals surface area contributed by atoms with Crippen LogP contribution in [0.2, 0.25) is 0 Å². The van der Waals surface area contributed by atoms with Gasteiger partial charge in [0.15, 0.2) is 0 Å². The molecule has 0 radical (unpaired) electrons. The van der Waals surface area contributed by atoms with Crippen LogP contribution >= 0.6 is 0 Å². The first-order chi connectivity index (χ1) is 5.70. The van der Waals surface area contributed by atoms with Crippen molar-refractivity contribution in [2.24, 2.45) is 0 Å². The molecule has 1 aromatic heterocycles. The van der Waals surface area contributed by atoms with Gasteiger partial charge >= 0.3 is 0 Å². The van der Waals surface area contributed by atoms with Crippen molar-refractivity contribution in [2.45, 2.75) is 32.9 Å². The molecular weight excluding hydrogens is 148 g/mol. The molecule has 0 aromatic carbocycles. The Kier molecular flexibility index (Phi) is 3.23. The van der Waals surface area contributed by atoms with Crippen LogP contribution in [0, 0.1) is 0 Å². The van der Waals surface area contributed by atoms with Gasteiger partial charge in [-0.3, -0.25) is 4.98 Å². The zero-order valence-electron chi connectivity index (χ0n) is 7.91. The molecule has 66 valence electrons. The number of rotatable bonds is 3. The molecule has 0 amide bonds. The number of nitrogens with zero attached hydrogens (tertiary/aromatic N) is 1. The maximum atomic E-state index is 4.07. The van der Waals surface area contributed by atoms with E-state index < -0.39 is 0 Å². The van der Waals surface area contributed by atoms with Gasteiger partial charge in [-0.05, 0) is 18.6 Å². The Morgan fingerprint density at radius 2 is 2.08 bits per heavy atom. The van der Waals surface area contributed by atoms with Gasteiger partial charge < -0.3 is 5.32 Å². The molecule has 1 unspecified atom stereocenters. The molecule has 2 heteroatoms. The third-order valence-electron chi connectivity index (χ3n) is 1.77. The lowest BCUT2D eigenvalue weighted by Crippen LogP contribution is -2.25. The van der Waals surface area contributed by atoms with Crippen LogP contribution in [-0.4, -0.2) is 11.0 Å². The molecule has 0 aliphatic rings. The number of nitrogens with one attached hydrogen (secondary N) is 1. The van der Waals surface area contributed by atoms with E-state index in [-0.39, 0.29) is 0 Å². The molecule has 0 saturated carbocycles. The Morgan fingerprint density at radius 1 is 1.33 bits per heavy atom. The van der Waals surface area contributed by atoms with Crippen molar-refractivity contribution in [1.82, 2.24) is 10.3 Å². The third kappa shape index (κ3) is 2.62. The molecule has 2 nitrogen and oxygen atoms in total. The van der Waals surface area contributed by atoms with Crippen LogP contribution in [0.15, 0.2) is 24.5 Å². The fourth-order valence-electron chi connectivity index (χ4n) is 1.23. The van der Waals surface area contributed by atoms with Gasteiger partial charge in [0.2, 0.25) is 0 Å². The van der Waals surface area contributed by atoms with E-state index in [0.29, 0.717) is 12.1 Å². The molecule has 0 spiro atoms. The molecular formula is C10H16N2. The Morgan fingerprint density at radius 3 is 2.58 bits per heavy atom. The van der Waals surface area contributed by atoms with E-state index in [1.54, 1.807) is 6.20 Å². The highest BCUT2D eigenvalue weighted by Gasteiger charge is 2.04. The smallest absolute Gasteiger partial charge is 0.0315 e. The average molecular weight is 164 g/mol. The van der Waals surface area contributed by atoms with Crippen molar-refractivity contribution in [2.75, 3.05) is 0 Å². The number of aromatic nitrogens is 1. The summed E-state index contributed by atoms with van der Waals surface area (Å²) in [6.07, 6.45) is 3.70. The Bertz CT molecular complexity index is 219. The molecule has 0 aliphatic heterocycles. The summed E-state index contributed by atoms with van der Waals surface area (Å²) in [4.78, 5) is 4.07. The first kappa shape index (κ1) is 9.20. The zero-order valence-corrected chi connectivity index (χ0v) is 7.91. The third-order valence-corrected chi connectivity index (χ3v) is 1.77. The first-order valence-electron chi connectivity index (χ1n) is 4.36. The standard InChI is InChI=1S/C10H16N2/c1-8(2)12-9(3)10-5-4-6-11-7-10/h4-9,12H,1-3H3. The van der Waals surface area contributed by atoms with Gasteiger partial charge in [-0.1, -0.05) is 19.9 Å². The fourth-order valence-corrected chi connectivity index (χ4v) is 1.23. The van der Waals surface area contributed by atoms with E-state index in [0.717, 1.165) is 0 Å². The summed E-state index contributed by atoms with van der Waals surface area (Å²) in [5, 5.41) is 3.42. The van der Waals surface area contributed by atoms with Crippen LogP contribution < -0.4 is 5.32 Å². The van der Waals surface area contributed by atoms with Gasteiger partial charge in [0.1, 0.15) is 0 Å². The van der Waals surface area contributed by atoms with Gasteiger partial charge in [-0.25, -0.2) is 0 Å². The minimum absolute atomic E-state index is 0.388. The first-order valence-corrected chi connectivity index (χ1v) is 4.36. The maximum absolute atomic E-state index is 4.07. The largest absolute Gasteiger partial charge is 0.308 e. The van der Waals surface area contributed by atoms with Crippen molar-refractivity contribution >= 4 is 0 Å². The second-order valence-corrected chi connectivity index (χ2v) is 3.33. The van der Waals surface area contributed by atoms with E-state index in [4.69, 9.17) is 0 Å². The molecule has 1 aromatic rings. The minimum Gasteiger partial charge on any atom is -0.308 e. The Hall–Kier alpha value is -0.890. The van der Waals surface area contributed by atoms with Crippen LogP contribution in [0.5, 0.6) is 0 Å². The van der Waals surface area contributed by atoms with E-state index >= 15 is 0 Å². The van der Waals surface area contributed by atoms with E-state index in [9.17, 15) is 0 Å². The second-order valence-electron chi connectivity index (χ2n) is 3.33. The Labute approximate surface area is 74.0 Å².